The van der Waals surface area contributed by atoms with Crippen LogP contribution in [0.5, 0.6) is 5.75 Å². The quantitative estimate of drug-likeness (QED) is 0.480. The zero-order valence-corrected chi connectivity index (χ0v) is 24.0. The summed E-state index contributed by atoms with van der Waals surface area (Å²) < 4.78 is 10.8. The number of rotatable bonds is 9. The summed E-state index contributed by atoms with van der Waals surface area (Å²) in [7, 11) is 1.64. The van der Waals surface area contributed by atoms with Crippen molar-refractivity contribution in [2.75, 3.05) is 53.0 Å². The number of hydrazone groups is 1. The average molecular weight is 535 g/mol. The largest absolute Gasteiger partial charge is 0.497 e. The fourth-order valence-corrected chi connectivity index (χ4v) is 4.93. The van der Waals surface area contributed by atoms with Gasteiger partial charge in [-0.15, -0.1) is 0 Å². The molecule has 0 unspecified atom stereocenters. The van der Waals surface area contributed by atoms with Crippen LogP contribution in [0.3, 0.4) is 0 Å². The minimum absolute atomic E-state index is 0.000999. The lowest BCUT2D eigenvalue weighted by molar-refractivity contribution is -0.142. The number of carbonyl (C=O) groups is 2. The molecule has 2 aromatic carbocycles. The van der Waals surface area contributed by atoms with Crippen LogP contribution in [0.4, 0.5) is 0 Å². The molecule has 2 heterocycles. The number of benzene rings is 2. The van der Waals surface area contributed by atoms with Crippen LogP contribution in [-0.4, -0.2) is 85.4 Å². The summed E-state index contributed by atoms with van der Waals surface area (Å²) >= 11 is 0. The molecule has 39 heavy (non-hydrogen) atoms. The third kappa shape index (κ3) is 7.90. The van der Waals surface area contributed by atoms with E-state index in [0.717, 1.165) is 41.2 Å². The second-order valence-electron chi connectivity index (χ2n) is 11.7. The smallest absolute Gasteiger partial charge is 0.262 e. The van der Waals surface area contributed by atoms with Crippen molar-refractivity contribution < 1.29 is 19.1 Å². The van der Waals surface area contributed by atoms with Gasteiger partial charge in [0, 0.05) is 39.0 Å². The van der Waals surface area contributed by atoms with Gasteiger partial charge in [-0.1, -0.05) is 50.6 Å². The minimum Gasteiger partial charge on any atom is -0.497 e. The zero-order chi connectivity index (χ0) is 28.0. The number of carbonyl (C=O) groups excluding carboxylic acids is 2. The number of hydrogen-bond acceptors (Lipinski definition) is 6. The number of nitrogens with zero attached hydrogens (tertiary/aromatic N) is 4. The van der Waals surface area contributed by atoms with Crippen molar-refractivity contribution in [3.05, 3.63) is 65.2 Å². The molecule has 1 atom stereocenters. The normalized spacial score (nSPS) is 18.1. The second kappa shape index (κ2) is 12.7. The summed E-state index contributed by atoms with van der Waals surface area (Å²) in [6, 6.07) is 15.8. The number of hydrogen-bond donors (Lipinski definition) is 0. The Balaban J connectivity index is 1.57. The highest BCUT2D eigenvalue weighted by Crippen LogP contribution is 2.33. The van der Waals surface area contributed by atoms with Crippen LogP contribution in [0.15, 0.2) is 53.6 Å². The molecule has 2 amide bonds. The van der Waals surface area contributed by atoms with Gasteiger partial charge >= 0.3 is 0 Å². The van der Waals surface area contributed by atoms with E-state index < -0.39 is 0 Å². The summed E-state index contributed by atoms with van der Waals surface area (Å²) in [6.45, 7) is 12.5. The SMILES string of the molecule is COc1ccc(C2=NN(C(=O)CN(CCN3CCOCC3)C(=O)CC(C)(C)C)[C@@H](c3ccc(C)cc3)C2)cc1. The summed E-state index contributed by atoms with van der Waals surface area (Å²) in [5.74, 6) is 0.594. The predicted octanol–water partition coefficient (Wildman–Crippen LogP) is 4.28. The highest BCUT2D eigenvalue weighted by molar-refractivity contribution is 6.03. The van der Waals surface area contributed by atoms with E-state index in [-0.39, 0.29) is 29.8 Å². The fourth-order valence-electron chi connectivity index (χ4n) is 4.93. The lowest BCUT2D eigenvalue weighted by Gasteiger charge is -2.32. The van der Waals surface area contributed by atoms with Crippen molar-refractivity contribution in [3.63, 3.8) is 0 Å². The van der Waals surface area contributed by atoms with Gasteiger partial charge in [0.25, 0.3) is 5.91 Å². The lowest BCUT2D eigenvalue weighted by Crippen LogP contribution is -2.47. The Kier molecular flexibility index (Phi) is 9.40. The zero-order valence-electron chi connectivity index (χ0n) is 24.0. The van der Waals surface area contributed by atoms with Gasteiger partial charge in [-0.05, 0) is 47.7 Å². The van der Waals surface area contributed by atoms with Gasteiger partial charge in [-0.3, -0.25) is 14.5 Å². The van der Waals surface area contributed by atoms with E-state index in [0.29, 0.717) is 39.1 Å². The first-order valence-corrected chi connectivity index (χ1v) is 13.8. The van der Waals surface area contributed by atoms with Crippen LogP contribution in [0.25, 0.3) is 0 Å². The van der Waals surface area contributed by atoms with E-state index in [1.807, 2.05) is 52.0 Å². The first-order chi connectivity index (χ1) is 18.6. The minimum atomic E-state index is -0.228. The molecule has 8 nitrogen and oxygen atoms in total. The molecule has 2 aliphatic heterocycles. The van der Waals surface area contributed by atoms with Gasteiger partial charge in [-0.25, -0.2) is 5.01 Å². The first kappa shape index (κ1) is 28.8. The summed E-state index contributed by atoms with van der Waals surface area (Å²) in [4.78, 5) is 31.3. The number of amides is 2. The first-order valence-electron chi connectivity index (χ1n) is 13.8. The van der Waals surface area contributed by atoms with E-state index in [1.54, 1.807) is 17.0 Å². The van der Waals surface area contributed by atoms with E-state index in [2.05, 4.69) is 29.2 Å². The van der Waals surface area contributed by atoms with Gasteiger partial charge in [0.15, 0.2) is 0 Å². The van der Waals surface area contributed by atoms with Crippen molar-refractivity contribution >= 4 is 17.5 Å². The van der Waals surface area contributed by atoms with Crippen LogP contribution in [-0.2, 0) is 14.3 Å². The fraction of sp³-hybridized carbons (Fsp3) is 0.516. The molecular weight excluding hydrogens is 492 g/mol. The molecule has 0 saturated carbocycles. The molecule has 0 aliphatic carbocycles. The number of aryl methyl sites for hydroxylation is 1. The molecule has 2 aromatic rings. The molecule has 4 rings (SSSR count). The lowest BCUT2D eigenvalue weighted by atomic mass is 9.91. The molecule has 0 N–H and O–H groups in total. The van der Waals surface area contributed by atoms with Crippen molar-refractivity contribution in [1.82, 2.24) is 14.8 Å². The molecule has 0 aromatic heterocycles. The standard InChI is InChI=1S/C31H42N4O4/c1-23-6-8-25(9-7-23)28-20-27(24-10-12-26(38-5)13-11-24)32-35(28)30(37)22-34(29(36)21-31(2,3)4)15-14-33-16-18-39-19-17-33/h6-13,28H,14-22H2,1-5H3/t28-/m1/s1. The molecule has 0 bridgehead atoms. The Hall–Kier alpha value is -3.23. The Labute approximate surface area is 232 Å². The maximum Gasteiger partial charge on any atom is 0.262 e. The third-order valence-electron chi connectivity index (χ3n) is 7.20. The highest BCUT2D eigenvalue weighted by atomic mass is 16.5. The van der Waals surface area contributed by atoms with E-state index in [9.17, 15) is 9.59 Å². The number of ether oxygens (including phenoxy) is 2. The molecule has 1 saturated heterocycles. The van der Waals surface area contributed by atoms with Crippen LogP contribution in [0.2, 0.25) is 0 Å². The molecule has 8 heteroatoms. The van der Waals surface area contributed by atoms with Crippen LogP contribution in [0.1, 0.15) is 56.3 Å². The predicted molar refractivity (Wildman–Crippen MR) is 153 cm³/mol. The van der Waals surface area contributed by atoms with E-state index in [1.165, 1.54) is 0 Å². The monoisotopic (exact) mass is 534 g/mol. The third-order valence-corrected chi connectivity index (χ3v) is 7.20. The average Bonchev–Trinajstić information content (AvgIpc) is 3.36. The molecule has 0 radical (unpaired) electrons. The van der Waals surface area contributed by atoms with E-state index in [4.69, 9.17) is 14.6 Å². The van der Waals surface area contributed by atoms with Gasteiger partial charge in [-0.2, -0.15) is 5.10 Å². The van der Waals surface area contributed by atoms with Gasteiger partial charge in [0.1, 0.15) is 12.3 Å². The van der Waals surface area contributed by atoms with Crippen LogP contribution in [0, 0.1) is 12.3 Å². The molecule has 210 valence electrons. The second-order valence-corrected chi connectivity index (χ2v) is 11.7. The highest BCUT2D eigenvalue weighted by Gasteiger charge is 2.35. The number of methoxy groups -OCH3 is 1. The molecule has 1 fully saturated rings. The Bertz CT molecular complexity index is 1150. The van der Waals surface area contributed by atoms with Gasteiger partial charge in [0.05, 0.1) is 32.1 Å². The topological polar surface area (TPSA) is 74.7 Å². The molecule has 0 spiro atoms. The summed E-state index contributed by atoms with van der Waals surface area (Å²) in [5.41, 5.74) is 3.82. The molecule has 2 aliphatic rings. The van der Waals surface area contributed by atoms with Gasteiger partial charge in [0.2, 0.25) is 5.91 Å². The Morgan fingerprint density at radius 3 is 2.33 bits per heavy atom. The maximum absolute atomic E-state index is 13.9. The summed E-state index contributed by atoms with van der Waals surface area (Å²) in [5, 5.41) is 6.42. The van der Waals surface area contributed by atoms with Crippen LogP contribution >= 0.6 is 0 Å². The summed E-state index contributed by atoms with van der Waals surface area (Å²) in [6.07, 6.45) is 0.982. The van der Waals surface area contributed by atoms with Crippen molar-refractivity contribution in [2.45, 2.75) is 46.6 Å². The Morgan fingerprint density at radius 1 is 1.05 bits per heavy atom. The van der Waals surface area contributed by atoms with Crippen molar-refractivity contribution in [1.29, 1.82) is 0 Å². The van der Waals surface area contributed by atoms with Gasteiger partial charge < -0.3 is 14.4 Å². The van der Waals surface area contributed by atoms with Crippen molar-refractivity contribution in [2.24, 2.45) is 10.5 Å². The molecular formula is C31H42N4O4. The van der Waals surface area contributed by atoms with Crippen LogP contribution < -0.4 is 4.74 Å². The maximum atomic E-state index is 13.9. The Morgan fingerprint density at radius 2 is 1.72 bits per heavy atom. The van der Waals surface area contributed by atoms with Crippen molar-refractivity contribution in [3.8, 4) is 5.75 Å². The number of morpholine rings is 1. The van der Waals surface area contributed by atoms with E-state index >= 15 is 0 Å².